The van der Waals surface area contributed by atoms with Crippen molar-refractivity contribution in [1.82, 2.24) is 0 Å². The minimum Gasteiger partial charge on any atom is -0.808 e. The number of hydrogen-bond acceptors (Lipinski definition) is 3. The zero-order valence-electron chi connectivity index (χ0n) is 6.59. The van der Waals surface area contributed by atoms with Gasteiger partial charge in [-0.2, -0.15) is 0 Å². The van der Waals surface area contributed by atoms with E-state index < -0.39 is 7.60 Å². The number of hydrogen-bond donors (Lipinski definition) is 0. The van der Waals surface area contributed by atoms with Crippen molar-refractivity contribution in [2.45, 2.75) is 13.3 Å². The van der Waals surface area contributed by atoms with Gasteiger partial charge in [0.15, 0.2) is 0 Å². The van der Waals surface area contributed by atoms with Crippen LogP contribution in [0.25, 0.3) is 0 Å². The van der Waals surface area contributed by atoms with Crippen molar-refractivity contribution in [3.8, 4) is 0 Å². The summed E-state index contributed by atoms with van der Waals surface area (Å²) in [5.41, 5.74) is 0. The van der Waals surface area contributed by atoms with Gasteiger partial charge in [-0.25, -0.2) is 0 Å². The van der Waals surface area contributed by atoms with Crippen LogP contribution >= 0.6 is 7.60 Å². The molecule has 0 bridgehead atoms. The monoisotopic (exact) mass is 180 g/mol. The third-order valence-corrected chi connectivity index (χ3v) is 1.89. The minimum atomic E-state index is -4.45. The predicted molar refractivity (Wildman–Crippen MR) is 27.0 cm³/mol. The fourth-order valence-corrected chi connectivity index (χ4v) is 0.581. The minimum absolute atomic E-state index is 0. The average molecular weight is 180 g/mol. The van der Waals surface area contributed by atoms with E-state index in [2.05, 4.69) is 6.58 Å². The molecule has 0 aromatic heterocycles. The summed E-state index contributed by atoms with van der Waals surface area (Å²) in [5, 5.41) is -0.225. The second kappa shape index (κ2) is 7.53. The van der Waals surface area contributed by atoms with Gasteiger partial charge in [0.05, 0.1) is 0 Å². The first-order valence-corrected chi connectivity index (χ1v) is 3.73. The molecule has 0 amide bonds. The van der Waals surface area contributed by atoms with Gasteiger partial charge in [-0.1, -0.05) is 13.5 Å². The zero-order valence-corrected chi connectivity index (χ0v) is 11.5. The quantitative estimate of drug-likeness (QED) is 0.314. The molecule has 6 heteroatoms. The van der Waals surface area contributed by atoms with Crippen LogP contribution in [-0.4, -0.2) is 0 Å². The van der Waals surface area contributed by atoms with Gasteiger partial charge in [0.25, 0.3) is 0 Å². The van der Waals surface area contributed by atoms with Crippen molar-refractivity contribution in [3.05, 3.63) is 11.9 Å². The average Bonchev–Trinajstić information content (AvgIpc) is 1.62. The molecule has 0 heterocycles. The second-order valence-electron chi connectivity index (χ2n) is 1.42. The van der Waals surface area contributed by atoms with Gasteiger partial charge in [0.1, 0.15) is 0 Å². The molecular formula is C4H7Na2O3P. The van der Waals surface area contributed by atoms with Crippen LogP contribution in [0.2, 0.25) is 0 Å². The molecule has 0 aliphatic heterocycles. The van der Waals surface area contributed by atoms with Crippen LogP contribution in [0.5, 0.6) is 0 Å². The summed E-state index contributed by atoms with van der Waals surface area (Å²) in [6.07, 6.45) is 0.213. The van der Waals surface area contributed by atoms with Crippen molar-refractivity contribution in [3.63, 3.8) is 0 Å². The number of allylic oxidation sites excluding steroid dienone is 1. The molecule has 0 atom stereocenters. The Morgan fingerprint density at radius 3 is 1.80 bits per heavy atom. The maximum absolute atomic E-state index is 9.93. The zero-order chi connectivity index (χ0) is 6.78. The summed E-state index contributed by atoms with van der Waals surface area (Å²) in [7, 11) is -4.45. The topological polar surface area (TPSA) is 63.2 Å². The Morgan fingerprint density at radius 1 is 1.50 bits per heavy atom. The maximum Gasteiger partial charge on any atom is 1.00 e. The molecule has 0 N–H and O–H groups in total. The van der Waals surface area contributed by atoms with E-state index in [1.165, 1.54) is 0 Å². The van der Waals surface area contributed by atoms with Gasteiger partial charge in [-0.3, -0.25) is 0 Å². The molecule has 10 heavy (non-hydrogen) atoms. The molecule has 0 aromatic rings. The van der Waals surface area contributed by atoms with E-state index in [1.807, 2.05) is 0 Å². The van der Waals surface area contributed by atoms with Crippen LogP contribution < -0.4 is 68.9 Å². The Bertz CT molecular complexity index is 141. The summed E-state index contributed by atoms with van der Waals surface area (Å²) < 4.78 is 9.93. The molecule has 0 unspecified atom stereocenters. The van der Waals surface area contributed by atoms with E-state index in [9.17, 15) is 14.4 Å². The van der Waals surface area contributed by atoms with Crippen molar-refractivity contribution in [1.29, 1.82) is 0 Å². The van der Waals surface area contributed by atoms with E-state index >= 15 is 0 Å². The third-order valence-electron chi connectivity index (χ3n) is 0.795. The molecular weight excluding hydrogens is 173 g/mol. The van der Waals surface area contributed by atoms with Crippen LogP contribution in [0.1, 0.15) is 13.3 Å². The molecule has 0 radical (unpaired) electrons. The molecule has 0 aliphatic rings. The molecule has 0 spiro atoms. The van der Waals surface area contributed by atoms with E-state index in [0.29, 0.717) is 0 Å². The van der Waals surface area contributed by atoms with Crippen molar-refractivity contribution >= 4 is 7.60 Å². The Morgan fingerprint density at radius 2 is 1.80 bits per heavy atom. The van der Waals surface area contributed by atoms with Crippen molar-refractivity contribution in [2.75, 3.05) is 0 Å². The summed E-state index contributed by atoms with van der Waals surface area (Å²) >= 11 is 0. The summed E-state index contributed by atoms with van der Waals surface area (Å²) in [6, 6.07) is 0. The van der Waals surface area contributed by atoms with Crippen LogP contribution in [0.15, 0.2) is 11.9 Å². The first-order chi connectivity index (χ1) is 3.48. The molecule has 0 fully saturated rings. The van der Waals surface area contributed by atoms with Crippen LogP contribution in [0.3, 0.4) is 0 Å². The second-order valence-corrected chi connectivity index (χ2v) is 3.04. The Labute approximate surface area is 105 Å². The van der Waals surface area contributed by atoms with Crippen LogP contribution in [0.4, 0.5) is 0 Å². The number of rotatable bonds is 2. The van der Waals surface area contributed by atoms with Gasteiger partial charge in [0, 0.05) is 0 Å². The maximum atomic E-state index is 9.93. The van der Waals surface area contributed by atoms with Crippen molar-refractivity contribution in [2.24, 2.45) is 0 Å². The van der Waals surface area contributed by atoms with Gasteiger partial charge >= 0.3 is 59.1 Å². The molecule has 3 nitrogen and oxygen atoms in total. The van der Waals surface area contributed by atoms with E-state index in [4.69, 9.17) is 0 Å². The fourth-order valence-electron chi connectivity index (χ4n) is 0.194. The third kappa shape index (κ3) is 7.99. The first-order valence-electron chi connectivity index (χ1n) is 2.19. The summed E-state index contributed by atoms with van der Waals surface area (Å²) in [6.45, 7) is 4.63. The van der Waals surface area contributed by atoms with E-state index in [1.54, 1.807) is 6.92 Å². The summed E-state index contributed by atoms with van der Waals surface area (Å²) in [5.74, 6) is 0. The summed E-state index contributed by atoms with van der Waals surface area (Å²) in [4.78, 5) is 19.9. The predicted octanol–water partition coefficient (Wildman–Crippen LogP) is -6.17. The normalized spacial score (nSPS) is 9.10. The Hall–Kier alpha value is 1.89. The van der Waals surface area contributed by atoms with Gasteiger partial charge in [-0.05, 0) is 19.3 Å². The fraction of sp³-hybridized carbons (Fsp3) is 0.500. The van der Waals surface area contributed by atoms with E-state index in [-0.39, 0.29) is 70.8 Å². The van der Waals surface area contributed by atoms with Crippen molar-refractivity contribution < 1.29 is 73.5 Å². The van der Waals surface area contributed by atoms with Gasteiger partial charge in [-0.15, -0.1) is 0 Å². The Balaban J connectivity index is -0.000000245. The van der Waals surface area contributed by atoms with E-state index in [0.717, 1.165) is 0 Å². The van der Waals surface area contributed by atoms with Gasteiger partial charge in [0.2, 0.25) is 0 Å². The molecule has 0 aliphatic carbocycles. The molecule has 0 rings (SSSR count). The largest absolute Gasteiger partial charge is 1.00 e. The molecule has 0 saturated heterocycles. The molecule has 0 aromatic carbocycles. The first kappa shape index (κ1) is 17.8. The SMILES string of the molecule is C=C(CC)P(=O)([O-])[O-].[Na+].[Na+]. The van der Waals surface area contributed by atoms with Crippen LogP contribution in [0, 0.1) is 0 Å². The smallest absolute Gasteiger partial charge is 0.808 e. The van der Waals surface area contributed by atoms with Gasteiger partial charge < -0.3 is 14.4 Å². The van der Waals surface area contributed by atoms with Crippen LogP contribution in [-0.2, 0) is 4.57 Å². The Kier molecular flexibility index (Phi) is 13.4. The molecule has 48 valence electrons. The molecule has 0 saturated carbocycles. The standard InChI is InChI=1S/C4H9O3P.2Na/c1-3-4(2)8(5,6)7;;/h2-3H2,1H3,(H2,5,6,7);;/q;2*+1/p-2.